The highest BCUT2D eigenvalue weighted by Gasteiger charge is 2.50. The first-order valence-corrected chi connectivity index (χ1v) is 6.65. The van der Waals surface area contributed by atoms with Gasteiger partial charge in [-0.15, -0.1) is 0 Å². The van der Waals surface area contributed by atoms with Gasteiger partial charge in [0, 0.05) is 25.7 Å². The molecule has 2 heterocycles. The molecule has 0 aromatic carbocycles. The summed E-state index contributed by atoms with van der Waals surface area (Å²) in [7, 11) is 0. The molecule has 0 unspecified atom stereocenters. The van der Waals surface area contributed by atoms with Gasteiger partial charge < -0.3 is 4.74 Å². The highest BCUT2D eigenvalue weighted by atomic mass is 16.5. The lowest BCUT2D eigenvalue weighted by Crippen LogP contribution is -2.65. The topological polar surface area (TPSA) is 12.5 Å². The molecule has 3 fully saturated rings. The predicted octanol–water partition coefficient (Wildman–Crippen LogP) is 2.68. The normalized spacial score (nSPS) is 34.2. The van der Waals surface area contributed by atoms with E-state index in [4.69, 9.17) is 4.74 Å². The Morgan fingerprint density at radius 1 is 1.13 bits per heavy atom. The van der Waals surface area contributed by atoms with Gasteiger partial charge in [0.05, 0.1) is 5.60 Å². The highest BCUT2D eigenvalue weighted by molar-refractivity contribution is 5.04. The Balaban J connectivity index is 0.000000404. The molecule has 0 aromatic rings. The monoisotopic (exact) mass is 211 g/mol. The zero-order valence-electron chi connectivity index (χ0n) is 10.5. The second-order valence-corrected chi connectivity index (χ2v) is 5.27. The lowest BCUT2D eigenvalue weighted by Gasteiger charge is -2.53. The van der Waals surface area contributed by atoms with Crippen LogP contribution in [0.3, 0.4) is 0 Å². The second-order valence-electron chi connectivity index (χ2n) is 5.27. The Hall–Kier alpha value is -0.0800. The molecule has 2 heteroatoms. The van der Waals surface area contributed by atoms with E-state index >= 15 is 0 Å². The number of ether oxygens (including phenoxy) is 1. The summed E-state index contributed by atoms with van der Waals surface area (Å²) in [5, 5.41) is 0. The first-order valence-electron chi connectivity index (χ1n) is 6.65. The van der Waals surface area contributed by atoms with Gasteiger partial charge >= 0.3 is 0 Å². The Morgan fingerprint density at radius 3 is 2.33 bits per heavy atom. The molecule has 1 spiro atoms. The van der Waals surface area contributed by atoms with Crippen LogP contribution in [-0.2, 0) is 4.74 Å². The van der Waals surface area contributed by atoms with Crippen molar-refractivity contribution in [1.29, 1.82) is 0 Å². The Kier molecular flexibility index (Phi) is 3.36. The number of hydrogen-bond donors (Lipinski definition) is 0. The molecule has 88 valence electrons. The van der Waals surface area contributed by atoms with Gasteiger partial charge in [-0.3, -0.25) is 4.90 Å². The first kappa shape index (κ1) is 11.4. The van der Waals surface area contributed by atoms with E-state index in [2.05, 4.69) is 11.8 Å². The molecule has 0 N–H and O–H groups in total. The van der Waals surface area contributed by atoms with Crippen LogP contribution in [-0.4, -0.2) is 36.2 Å². The Morgan fingerprint density at radius 2 is 1.80 bits per heavy atom. The molecule has 3 aliphatic rings. The third-order valence-electron chi connectivity index (χ3n) is 3.79. The summed E-state index contributed by atoms with van der Waals surface area (Å²) in [6.45, 7) is 9.81. The zero-order valence-corrected chi connectivity index (χ0v) is 10.5. The van der Waals surface area contributed by atoms with Crippen LogP contribution in [0.4, 0.5) is 0 Å². The fourth-order valence-electron chi connectivity index (χ4n) is 2.88. The van der Waals surface area contributed by atoms with E-state index in [1.807, 2.05) is 13.8 Å². The number of hydrogen-bond acceptors (Lipinski definition) is 2. The zero-order chi connectivity index (χ0) is 10.9. The molecular weight excluding hydrogens is 186 g/mol. The van der Waals surface area contributed by atoms with E-state index in [0.717, 1.165) is 18.6 Å². The predicted molar refractivity (Wildman–Crippen MR) is 63.0 cm³/mol. The van der Waals surface area contributed by atoms with Gasteiger partial charge in [-0.05, 0) is 31.6 Å². The lowest BCUT2D eigenvalue weighted by atomic mass is 9.81. The van der Waals surface area contributed by atoms with Crippen LogP contribution in [0.25, 0.3) is 0 Å². The summed E-state index contributed by atoms with van der Waals surface area (Å²) in [6.07, 6.45) is 5.44. The minimum absolute atomic E-state index is 0.292. The summed E-state index contributed by atoms with van der Waals surface area (Å²) in [6, 6.07) is 0.937. The summed E-state index contributed by atoms with van der Waals surface area (Å²) in [5.74, 6) is 0.884. The standard InChI is InChI=1S/C11H19NO.C2H6/c1-9-4-5-13-11(6-9)7-12(8-11)10-2-3-10;1-2/h9-10H,2-8H2,1H3;1-2H3/t9-;/m0./s1. The van der Waals surface area contributed by atoms with E-state index in [1.54, 1.807) is 0 Å². The molecule has 1 atom stereocenters. The van der Waals surface area contributed by atoms with Crippen LogP contribution < -0.4 is 0 Å². The van der Waals surface area contributed by atoms with Crippen molar-refractivity contribution in [2.24, 2.45) is 5.92 Å². The van der Waals surface area contributed by atoms with Gasteiger partial charge in [-0.2, -0.15) is 0 Å². The minimum Gasteiger partial charge on any atom is -0.372 e. The maximum absolute atomic E-state index is 5.94. The molecule has 0 radical (unpaired) electrons. The van der Waals surface area contributed by atoms with Gasteiger partial charge in [0.25, 0.3) is 0 Å². The van der Waals surface area contributed by atoms with Crippen molar-refractivity contribution in [1.82, 2.24) is 4.90 Å². The van der Waals surface area contributed by atoms with Gasteiger partial charge in [0.1, 0.15) is 0 Å². The maximum atomic E-state index is 5.94. The molecule has 2 nitrogen and oxygen atoms in total. The molecule has 0 aromatic heterocycles. The van der Waals surface area contributed by atoms with E-state index in [0.29, 0.717) is 5.60 Å². The van der Waals surface area contributed by atoms with Crippen molar-refractivity contribution < 1.29 is 4.74 Å². The molecule has 0 amide bonds. The van der Waals surface area contributed by atoms with Gasteiger partial charge in [0.15, 0.2) is 0 Å². The smallest absolute Gasteiger partial charge is 0.0937 e. The number of likely N-dealkylation sites (tertiary alicyclic amines) is 1. The van der Waals surface area contributed by atoms with Gasteiger partial charge in [-0.1, -0.05) is 20.8 Å². The lowest BCUT2D eigenvalue weighted by molar-refractivity contribution is -0.179. The van der Waals surface area contributed by atoms with Crippen LogP contribution in [0.5, 0.6) is 0 Å². The van der Waals surface area contributed by atoms with Gasteiger partial charge in [0.2, 0.25) is 0 Å². The molecule has 1 aliphatic carbocycles. The Labute approximate surface area is 94.0 Å². The highest BCUT2D eigenvalue weighted by Crippen LogP contribution is 2.41. The van der Waals surface area contributed by atoms with Crippen molar-refractivity contribution in [3.8, 4) is 0 Å². The average Bonchev–Trinajstić information content (AvgIpc) is 3.00. The molecule has 1 saturated carbocycles. The fourth-order valence-corrected chi connectivity index (χ4v) is 2.88. The van der Waals surface area contributed by atoms with Crippen molar-refractivity contribution in [3.63, 3.8) is 0 Å². The summed E-state index contributed by atoms with van der Waals surface area (Å²) in [5.41, 5.74) is 0.292. The fraction of sp³-hybridized carbons (Fsp3) is 1.00. The average molecular weight is 211 g/mol. The number of nitrogens with zero attached hydrogens (tertiary/aromatic N) is 1. The van der Waals surface area contributed by atoms with Crippen molar-refractivity contribution in [3.05, 3.63) is 0 Å². The molecule has 2 saturated heterocycles. The molecule has 3 rings (SSSR count). The first-order chi connectivity index (χ1) is 7.27. The van der Waals surface area contributed by atoms with E-state index in [1.165, 1.54) is 38.8 Å². The minimum atomic E-state index is 0.292. The third kappa shape index (κ3) is 2.36. The largest absolute Gasteiger partial charge is 0.372 e. The number of rotatable bonds is 1. The molecule has 0 bridgehead atoms. The molecule has 2 aliphatic heterocycles. The van der Waals surface area contributed by atoms with Crippen molar-refractivity contribution in [2.75, 3.05) is 19.7 Å². The van der Waals surface area contributed by atoms with E-state index in [-0.39, 0.29) is 0 Å². The van der Waals surface area contributed by atoms with E-state index in [9.17, 15) is 0 Å². The summed E-state index contributed by atoms with van der Waals surface area (Å²) >= 11 is 0. The summed E-state index contributed by atoms with van der Waals surface area (Å²) in [4.78, 5) is 2.61. The van der Waals surface area contributed by atoms with Crippen LogP contribution >= 0.6 is 0 Å². The molecule has 15 heavy (non-hydrogen) atoms. The van der Waals surface area contributed by atoms with Crippen LogP contribution in [0.1, 0.15) is 46.5 Å². The van der Waals surface area contributed by atoms with E-state index < -0.39 is 0 Å². The maximum Gasteiger partial charge on any atom is 0.0937 e. The summed E-state index contributed by atoms with van der Waals surface area (Å²) < 4.78 is 5.94. The quantitative estimate of drug-likeness (QED) is 0.661. The third-order valence-corrected chi connectivity index (χ3v) is 3.79. The van der Waals surface area contributed by atoms with Crippen LogP contribution in [0, 0.1) is 5.92 Å². The van der Waals surface area contributed by atoms with Crippen molar-refractivity contribution >= 4 is 0 Å². The second kappa shape index (κ2) is 4.42. The van der Waals surface area contributed by atoms with Crippen LogP contribution in [0.2, 0.25) is 0 Å². The van der Waals surface area contributed by atoms with Crippen LogP contribution in [0.15, 0.2) is 0 Å². The van der Waals surface area contributed by atoms with Gasteiger partial charge in [-0.25, -0.2) is 0 Å². The van der Waals surface area contributed by atoms with Crippen molar-refractivity contribution in [2.45, 2.75) is 58.1 Å². The SMILES string of the molecule is CC.C[C@H]1CCOC2(C1)CN(C1CC1)C2. The molecular formula is C13H25NO. The Bertz CT molecular complexity index is 207.